The first kappa shape index (κ1) is 18.7. The molecule has 1 aromatic rings. The first-order valence-electron chi connectivity index (χ1n) is 8.42. The first-order chi connectivity index (χ1) is 11.4. The van der Waals surface area contributed by atoms with Gasteiger partial charge in [0.15, 0.2) is 0 Å². The zero-order valence-electron chi connectivity index (χ0n) is 14.4. The summed E-state index contributed by atoms with van der Waals surface area (Å²) in [5, 5.41) is 0. The van der Waals surface area contributed by atoms with Gasteiger partial charge in [-0.25, -0.2) is 8.42 Å². The Morgan fingerprint density at radius 1 is 1.12 bits per heavy atom. The molecular formula is C17H26N2O4S. The highest BCUT2D eigenvalue weighted by atomic mass is 32.2. The molecule has 1 aliphatic rings. The van der Waals surface area contributed by atoms with E-state index >= 15 is 0 Å². The Morgan fingerprint density at radius 3 is 2.25 bits per heavy atom. The third-order valence-electron chi connectivity index (χ3n) is 4.16. The maximum atomic E-state index is 12.6. The van der Waals surface area contributed by atoms with Crippen molar-refractivity contribution in [2.24, 2.45) is 0 Å². The fraction of sp³-hybridized carbons (Fsp3) is 0.588. The number of carbonyl (C=O) groups is 1. The Labute approximate surface area is 144 Å². The summed E-state index contributed by atoms with van der Waals surface area (Å²) in [5.41, 5.74) is 0. The van der Waals surface area contributed by atoms with Gasteiger partial charge in [0.25, 0.3) is 0 Å². The summed E-state index contributed by atoms with van der Waals surface area (Å²) in [5.74, 6) is 0.494. The summed E-state index contributed by atoms with van der Waals surface area (Å²) >= 11 is 0. The molecule has 0 aliphatic carbocycles. The van der Waals surface area contributed by atoms with E-state index in [4.69, 9.17) is 4.74 Å². The van der Waals surface area contributed by atoms with Gasteiger partial charge in [-0.15, -0.1) is 0 Å². The van der Waals surface area contributed by atoms with Crippen LogP contribution in [0.1, 0.15) is 32.6 Å². The van der Waals surface area contributed by atoms with Gasteiger partial charge in [-0.05, 0) is 44.0 Å². The minimum atomic E-state index is -3.68. The average Bonchev–Trinajstić information content (AvgIpc) is 2.85. The molecule has 0 atom stereocenters. The van der Waals surface area contributed by atoms with Crippen LogP contribution in [0, 0.1) is 0 Å². The molecule has 7 heteroatoms. The van der Waals surface area contributed by atoms with E-state index in [2.05, 4.69) is 0 Å². The van der Waals surface area contributed by atoms with Crippen LogP contribution in [0.4, 0.5) is 0 Å². The molecular weight excluding hydrogens is 328 g/mol. The number of rotatable bonds is 6. The lowest BCUT2D eigenvalue weighted by Crippen LogP contribution is -2.41. The second-order valence-corrected chi connectivity index (χ2v) is 8.01. The summed E-state index contributed by atoms with van der Waals surface area (Å²) in [6.45, 7) is 3.70. The molecule has 1 aliphatic heterocycles. The fourth-order valence-corrected chi connectivity index (χ4v) is 3.87. The van der Waals surface area contributed by atoms with Crippen LogP contribution in [0.25, 0.3) is 0 Å². The van der Waals surface area contributed by atoms with Crippen LogP contribution >= 0.6 is 0 Å². The van der Waals surface area contributed by atoms with Gasteiger partial charge in [0.1, 0.15) is 5.75 Å². The maximum Gasteiger partial charge on any atom is 0.243 e. The number of likely N-dealkylation sites (N-methyl/N-ethyl adjacent to an activating group) is 1. The van der Waals surface area contributed by atoms with E-state index < -0.39 is 10.0 Å². The Hall–Kier alpha value is -1.60. The van der Waals surface area contributed by atoms with E-state index in [1.807, 2.05) is 6.92 Å². The molecule has 1 amide bonds. The van der Waals surface area contributed by atoms with E-state index in [1.165, 1.54) is 19.2 Å². The molecule has 0 spiro atoms. The number of benzene rings is 1. The van der Waals surface area contributed by atoms with Crippen LogP contribution in [0.15, 0.2) is 29.2 Å². The van der Waals surface area contributed by atoms with Crippen molar-refractivity contribution in [2.45, 2.75) is 37.5 Å². The van der Waals surface area contributed by atoms with Crippen LogP contribution in [-0.4, -0.2) is 56.8 Å². The monoisotopic (exact) mass is 354 g/mol. The molecule has 0 saturated carbocycles. The molecule has 134 valence electrons. The summed E-state index contributed by atoms with van der Waals surface area (Å²) in [4.78, 5) is 14.3. The van der Waals surface area contributed by atoms with Crippen LogP contribution < -0.4 is 4.74 Å². The second kappa shape index (κ2) is 8.48. The van der Waals surface area contributed by atoms with Crippen molar-refractivity contribution in [1.82, 2.24) is 9.21 Å². The van der Waals surface area contributed by atoms with E-state index in [1.54, 1.807) is 17.0 Å². The summed E-state index contributed by atoms with van der Waals surface area (Å²) in [6, 6.07) is 6.27. The van der Waals surface area contributed by atoms with E-state index in [0.29, 0.717) is 12.4 Å². The zero-order chi connectivity index (χ0) is 17.6. The molecule has 1 aromatic carbocycles. The van der Waals surface area contributed by atoms with Crippen LogP contribution in [0.5, 0.6) is 5.75 Å². The number of carbonyl (C=O) groups excluding carboxylic acids is 1. The number of sulfonamides is 1. The summed E-state index contributed by atoms with van der Waals surface area (Å²) in [6.07, 6.45) is 4.23. The average molecular weight is 354 g/mol. The Morgan fingerprint density at radius 2 is 1.71 bits per heavy atom. The van der Waals surface area contributed by atoms with Crippen molar-refractivity contribution in [3.8, 4) is 5.75 Å². The standard InChI is InChI=1S/C17H26N2O4S/c1-3-23-15-8-10-16(11-9-15)24(21,22)18(2)14-17(20)19-12-6-4-5-7-13-19/h8-11H,3-7,12-14H2,1-2H3. The van der Waals surface area contributed by atoms with E-state index in [9.17, 15) is 13.2 Å². The molecule has 24 heavy (non-hydrogen) atoms. The van der Waals surface area contributed by atoms with Gasteiger partial charge >= 0.3 is 0 Å². The predicted octanol–water partition coefficient (Wildman–Crippen LogP) is 2.11. The second-order valence-electron chi connectivity index (χ2n) is 5.96. The van der Waals surface area contributed by atoms with Gasteiger partial charge in [0.05, 0.1) is 18.0 Å². The highest BCUT2D eigenvalue weighted by Crippen LogP contribution is 2.19. The lowest BCUT2D eigenvalue weighted by atomic mass is 10.2. The van der Waals surface area contributed by atoms with Crippen molar-refractivity contribution in [3.63, 3.8) is 0 Å². The first-order valence-corrected chi connectivity index (χ1v) is 9.86. The van der Waals surface area contributed by atoms with E-state index in [0.717, 1.165) is 43.1 Å². The maximum absolute atomic E-state index is 12.6. The number of amides is 1. The largest absolute Gasteiger partial charge is 0.494 e. The van der Waals surface area contributed by atoms with Gasteiger partial charge in [-0.2, -0.15) is 4.31 Å². The lowest BCUT2D eigenvalue weighted by molar-refractivity contribution is -0.131. The third-order valence-corrected chi connectivity index (χ3v) is 5.98. The number of ether oxygens (including phenoxy) is 1. The predicted molar refractivity (Wildman–Crippen MR) is 92.5 cm³/mol. The molecule has 0 aromatic heterocycles. The SMILES string of the molecule is CCOc1ccc(S(=O)(=O)N(C)CC(=O)N2CCCCCC2)cc1. The molecule has 6 nitrogen and oxygen atoms in total. The Bertz CT molecular complexity index is 635. The summed E-state index contributed by atoms with van der Waals surface area (Å²) < 4.78 is 31.6. The number of hydrogen-bond donors (Lipinski definition) is 0. The van der Waals surface area contributed by atoms with E-state index in [-0.39, 0.29) is 17.3 Å². The van der Waals surface area contributed by atoms with Crippen LogP contribution in [-0.2, 0) is 14.8 Å². The third kappa shape index (κ3) is 4.70. The minimum Gasteiger partial charge on any atom is -0.494 e. The topological polar surface area (TPSA) is 66.9 Å². The number of nitrogens with zero attached hydrogens (tertiary/aromatic N) is 2. The molecule has 0 unspecified atom stereocenters. The molecule has 1 saturated heterocycles. The highest BCUT2D eigenvalue weighted by molar-refractivity contribution is 7.89. The van der Waals surface area contributed by atoms with Gasteiger partial charge in [0, 0.05) is 20.1 Å². The van der Waals surface area contributed by atoms with Crippen molar-refractivity contribution < 1.29 is 17.9 Å². The van der Waals surface area contributed by atoms with Crippen molar-refractivity contribution in [2.75, 3.05) is 33.3 Å². The highest BCUT2D eigenvalue weighted by Gasteiger charge is 2.25. The van der Waals surface area contributed by atoms with Gasteiger partial charge in [-0.1, -0.05) is 12.8 Å². The molecule has 2 rings (SSSR count). The van der Waals surface area contributed by atoms with Gasteiger partial charge < -0.3 is 9.64 Å². The molecule has 0 radical (unpaired) electrons. The van der Waals surface area contributed by atoms with Crippen molar-refractivity contribution in [3.05, 3.63) is 24.3 Å². The smallest absolute Gasteiger partial charge is 0.243 e. The van der Waals surface area contributed by atoms with Crippen LogP contribution in [0.3, 0.4) is 0 Å². The molecule has 0 bridgehead atoms. The van der Waals surface area contributed by atoms with Crippen molar-refractivity contribution >= 4 is 15.9 Å². The van der Waals surface area contributed by atoms with Gasteiger partial charge in [0.2, 0.25) is 15.9 Å². The molecule has 1 heterocycles. The normalized spacial score (nSPS) is 16.0. The van der Waals surface area contributed by atoms with Crippen LogP contribution in [0.2, 0.25) is 0 Å². The summed E-state index contributed by atoms with van der Waals surface area (Å²) in [7, 11) is -2.24. The zero-order valence-corrected chi connectivity index (χ0v) is 15.2. The number of likely N-dealkylation sites (tertiary alicyclic amines) is 1. The quantitative estimate of drug-likeness (QED) is 0.785. The molecule has 0 N–H and O–H groups in total. The number of hydrogen-bond acceptors (Lipinski definition) is 4. The Kier molecular flexibility index (Phi) is 6.62. The Balaban J connectivity index is 2.03. The minimum absolute atomic E-state index is 0.129. The fourth-order valence-electron chi connectivity index (χ4n) is 2.75. The lowest BCUT2D eigenvalue weighted by Gasteiger charge is -2.24. The van der Waals surface area contributed by atoms with Crippen molar-refractivity contribution in [1.29, 1.82) is 0 Å². The van der Waals surface area contributed by atoms with Gasteiger partial charge in [-0.3, -0.25) is 4.79 Å². The molecule has 1 fully saturated rings.